The SMILES string of the molecule is COCC1=CCN(S(=O)(=O)c2ccc(C(C)=O)cc2)CC1. The Morgan fingerprint density at radius 1 is 1.29 bits per heavy atom. The minimum Gasteiger partial charge on any atom is -0.380 e. The van der Waals surface area contributed by atoms with E-state index in [0.717, 1.165) is 5.57 Å². The van der Waals surface area contributed by atoms with Gasteiger partial charge in [-0.1, -0.05) is 18.2 Å². The summed E-state index contributed by atoms with van der Waals surface area (Å²) in [7, 11) is -1.88. The van der Waals surface area contributed by atoms with Gasteiger partial charge in [0.25, 0.3) is 0 Å². The number of ether oxygens (including phenoxy) is 1. The predicted octanol–water partition coefficient (Wildman–Crippen LogP) is 1.86. The zero-order chi connectivity index (χ0) is 15.5. The summed E-state index contributed by atoms with van der Waals surface area (Å²) in [5.41, 5.74) is 1.63. The van der Waals surface area contributed by atoms with Gasteiger partial charge in [0.2, 0.25) is 10.0 Å². The molecule has 21 heavy (non-hydrogen) atoms. The molecule has 2 rings (SSSR count). The van der Waals surface area contributed by atoms with Crippen LogP contribution in [0.4, 0.5) is 0 Å². The van der Waals surface area contributed by atoms with Crippen molar-refractivity contribution in [2.75, 3.05) is 26.8 Å². The molecule has 0 N–H and O–H groups in total. The maximum absolute atomic E-state index is 12.5. The van der Waals surface area contributed by atoms with Crippen molar-refractivity contribution in [2.24, 2.45) is 0 Å². The van der Waals surface area contributed by atoms with Gasteiger partial charge in [-0.05, 0) is 31.1 Å². The molecule has 0 atom stereocenters. The normalized spacial score (nSPS) is 16.6. The van der Waals surface area contributed by atoms with Crippen LogP contribution in [0.15, 0.2) is 40.8 Å². The first-order chi connectivity index (χ1) is 9.95. The second-order valence-corrected chi connectivity index (χ2v) is 6.93. The largest absolute Gasteiger partial charge is 0.380 e. The lowest BCUT2D eigenvalue weighted by atomic mass is 10.1. The van der Waals surface area contributed by atoms with E-state index in [4.69, 9.17) is 4.74 Å². The molecule has 1 aromatic rings. The summed E-state index contributed by atoms with van der Waals surface area (Å²) in [5, 5.41) is 0. The smallest absolute Gasteiger partial charge is 0.243 e. The molecular weight excluding hydrogens is 290 g/mol. The summed E-state index contributed by atoms with van der Waals surface area (Å²) in [6.45, 7) is 2.80. The van der Waals surface area contributed by atoms with Crippen LogP contribution in [0.5, 0.6) is 0 Å². The molecule has 0 saturated heterocycles. The van der Waals surface area contributed by atoms with Crippen LogP contribution in [0.25, 0.3) is 0 Å². The molecule has 5 nitrogen and oxygen atoms in total. The third kappa shape index (κ3) is 3.58. The van der Waals surface area contributed by atoms with Crippen LogP contribution in [-0.4, -0.2) is 45.3 Å². The van der Waals surface area contributed by atoms with Crippen molar-refractivity contribution in [3.05, 3.63) is 41.5 Å². The highest BCUT2D eigenvalue weighted by Crippen LogP contribution is 2.21. The Bertz CT molecular complexity index is 647. The number of carbonyl (C=O) groups is 1. The highest BCUT2D eigenvalue weighted by molar-refractivity contribution is 7.89. The van der Waals surface area contributed by atoms with Crippen LogP contribution < -0.4 is 0 Å². The van der Waals surface area contributed by atoms with E-state index in [-0.39, 0.29) is 10.7 Å². The fraction of sp³-hybridized carbons (Fsp3) is 0.400. The van der Waals surface area contributed by atoms with Gasteiger partial charge in [0.15, 0.2) is 5.78 Å². The molecular formula is C15H19NO4S. The summed E-state index contributed by atoms with van der Waals surface area (Å²) >= 11 is 0. The van der Waals surface area contributed by atoms with Gasteiger partial charge in [-0.25, -0.2) is 8.42 Å². The number of methoxy groups -OCH3 is 1. The number of ketones is 1. The molecule has 1 aliphatic rings. The quantitative estimate of drug-likeness (QED) is 0.615. The summed E-state index contributed by atoms with van der Waals surface area (Å²) < 4.78 is 31.5. The second kappa shape index (κ2) is 6.51. The number of carbonyl (C=O) groups excluding carboxylic acids is 1. The molecule has 1 heterocycles. The highest BCUT2D eigenvalue weighted by atomic mass is 32.2. The van der Waals surface area contributed by atoms with Crippen molar-refractivity contribution in [2.45, 2.75) is 18.2 Å². The topological polar surface area (TPSA) is 63.7 Å². The van der Waals surface area contributed by atoms with E-state index >= 15 is 0 Å². The summed E-state index contributed by atoms with van der Waals surface area (Å²) in [6, 6.07) is 6.07. The van der Waals surface area contributed by atoms with Crippen LogP contribution in [0, 0.1) is 0 Å². The average molecular weight is 309 g/mol. The van der Waals surface area contributed by atoms with Gasteiger partial charge in [-0.3, -0.25) is 4.79 Å². The van der Waals surface area contributed by atoms with Crippen LogP contribution in [0.1, 0.15) is 23.7 Å². The number of hydrogen-bond donors (Lipinski definition) is 0. The van der Waals surface area contributed by atoms with Crippen molar-refractivity contribution in [1.82, 2.24) is 4.31 Å². The lowest BCUT2D eigenvalue weighted by molar-refractivity contribution is 0.101. The molecule has 1 aliphatic heterocycles. The maximum atomic E-state index is 12.5. The molecule has 0 unspecified atom stereocenters. The molecule has 0 radical (unpaired) electrons. The Morgan fingerprint density at radius 3 is 2.43 bits per heavy atom. The van der Waals surface area contributed by atoms with Gasteiger partial charge in [-0.15, -0.1) is 0 Å². The van der Waals surface area contributed by atoms with E-state index in [2.05, 4.69) is 0 Å². The Kier molecular flexibility index (Phi) is 4.92. The van der Waals surface area contributed by atoms with E-state index in [0.29, 0.717) is 31.7 Å². The molecule has 0 fully saturated rings. The molecule has 0 aromatic heterocycles. The van der Waals surface area contributed by atoms with Crippen molar-refractivity contribution < 1.29 is 17.9 Å². The van der Waals surface area contributed by atoms with Crippen molar-refractivity contribution in [3.63, 3.8) is 0 Å². The molecule has 6 heteroatoms. The van der Waals surface area contributed by atoms with Gasteiger partial charge >= 0.3 is 0 Å². The lowest BCUT2D eigenvalue weighted by Crippen LogP contribution is -2.35. The lowest BCUT2D eigenvalue weighted by Gasteiger charge is -2.25. The van der Waals surface area contributed by atoms with Gasteiger partial charge in [0.05, 0.1) is 11.5 Å². The molecule has 0 aliphatic carbocycles. The minimum atomic E-state index is -3.51. The van der Waals surface area contributed by atoms with Crippen LogP contribution >= 0.6 is 0 Å². The number of nitrogens with zero attached hydrogens (tertiary/aromatic N) is 1. The summed E-state index contributed by atoms with van der Waals surface area (Å²) in [4.78, 5) is 11.4. The standard InChI is InChI=1S/C15H19NO4S/c1-12(17)14-3-5-15(6-4-14)21(18,19)16-9-7-13(8-10-16)11-20-2/h3-7H,8-11H2,1-2H3. The highest BCUT2D eigenvalue weighted by Gasteiger charge is 2.26. The molecule has 0 saturated carbocycles. The fourth-order valence-electron chi connectivity index (χ4n) is 2.24. The number of benzene rings is 1. The van der Waals surface area contributed by atoms with Crippen LogP contribution in [0.2, 0.25) is 0 Å². The van der Waals surface area contributed by atoms with Crippen molar-refractivity contribution >= 4 is 15.8 Å². The van der Waals surface area contributed by atoms with E-state index in [9.17, 15) is 13.2 Å². The zero-order valence-corrected chi connectivity index (χ0v) is 13.0. The van der Waals surface area contributed by atoms with E-state index in [1.807, 2.05) is 6.08 Å². The number of sulfonamides is 1. The molecule has 0 amide bonds. The summed E-state index contributed by atoms with van der Waals surface area (Å²) in [5.74, 6) is -0.0796. The Morgan fingerprint density at radius 2 is 1.95 bits per heavy atom. The van der Waals surface area contributed by atoms with Gasteiger partial charge in [0, 0.05) is 25.8 Å². The number of rotatable bonds is 5. The number of hydrogen-bond acceptors (Lipinski definition) is 4. The first-order valence-electron chi connectivity index (χ1n) is 6.73. The van der Waals surface area contributed by atoms with E-state index in [1.54, 1.807) is 19.2 Å². The zero-order valence-electron chi connectivity index (χ0n) is 12.2. The first-order valence-corrected chi connectivity index (χ1v) is 8.17. The Hall–Kier alpha value is -1.50. The fourth-order valence-corrected chi connectivity index (χ4v) is 3.62. The molecule has 114 valence electrons. The maximum Gasteiger partial charge on any atom is 0.243 e. The third-order valence-electron chi connectivity index (χ3n) is 3.49. The first kappa shape index (κ1) is 15.9. The predicted molar refractivity (Wildman–Crippen MR) is 79.8 cm³/mol. The van der Waals surface area contributed by atoms with E-state index < -0.39 is 10.0 Å². The Labute approximate surface area is 125 Å². The van der Waals surface area contributed by atoms with Gasteiger partial charge < -0.3 is 4.74 Å². The van der Waals surface area contributed by atoms with Crippen LogP contribution in [0.3, 0.4) is 0 Å². The monoisotopic (exact) mass is 309 g/mol. The molecule has 0 spiro atoms. The molecule has 1 aromatic carbocycles. The Balaban J connectivity index is 2.17. The second-order valence-electron chi connectivity index (χ2n) is 4.99. The molecule has 0 bridgehead atoms. The van der Waals surface area contributed by atoms with Gasteiger partial charge in [-0.2, -0.15) is 4.31 Å². The summed E-state index contributed by atoms with van der Waals surface area (Å²) in [6.07, 6.45) is 2.58. The average Bonchev–Trinajstić information content (AvgIpc) is 2.48. The van der Waals surface area contributed by atoms with Crippen molar-refractivity contribution in [1.29, 1.82) is 0 Å². The third-order valence-corrected chi connectivity index (χ3v) is 5.37. The van der Waals surface area contributed by atoms with Crippen LogP contribution in [-0.2, 0) is 14.8 Å². The van der Waals surface area contributed by atoms with Gasteiger partial charge in [0.1, 0.15) is 0 Å². The van der Waals surface area contributed by atoms with E-state index in [1.165, 1.54) is 23.4 Å². The number of Topliss-reactive ketones (excluding diaryl/α,β-unsaturated/α-hetero) is 1. The minimum absolute atomic E-state index is 0.0796. The van der Waals surface area contributed by atoms with Crippen molar-refractivity contribution in [3.8, 4) is 0 Å².